The SMILES string of the molecule is O=C(/C=C/c1ccc2c(c1)OCO2)NCCN1C(=O)S/C(=C\c2ccc3c(c2)OCO3)C1=O. The van der Waals surface area contributed by atoms with Gasteiger partial charge in [-0.15, -0.1) is 0 Å². The number of fused-ring (bicyclic) bond motifs is 2. The number of hydrogen-bond donors (Lipinski definition) is 1. The summed E-state index contributed by atoms with van der Waals surface area (Å²) < 4.78 is 21.2. The van der Waals surface area contributed by atoms with Gasteiger partial charge in [0.05, 0.1) is 4.91 Å². The second kappa shape index (κ2) is 8.91. The Kier molecular flexibility index (Phi) is 5.66. The number of thioether (sulfide) groups is 1. The van der Waals surface area contributed by atoms with Crippen molar-refractivity contribution >= 4 is 41.0 Å². The largest absolute Gasteiger partial charge is 0.454 e. The monoisotopic (exact) mass is 466 g/mol. The van der Waals surface area contributed by atoms with Gasteiger partial charge in [-0.1, -0.05) is 12.1 Å². The van der Waals surface area contributed by atoms with Gasteiger partial charge in [-0.25, -0.2) is 0 Å². The molecule has 0 spiro atoms. The number of carbonyl (C=O) groups is 3. The van der Waals surface area contributed by atoms with E-state index in [0.717, 1.165) is 27.8 Å². The van der Waals surface area contributed by atoms with Crippen LogP contribution in [0.2, 0.25) is 0 Å². The van der Waals surface area contributed by atoms with E-state index in [2.05, 4.69) is 5.32 Å². The van der Waals surface area contributed by atoms with Crippen LogP contribution in [-0.2, 0) is 9.59 Å². The first-order valence-electron chi connectivity index (χ1n) is 10.1. The topological polar surface area (TPSA) is 103 Å². The molecule has 3 aliphatic rings. The lowest BCUT2D eigenvalue weighted by Gasteiger charge is -2.12. The number of amides is 3. The summed E-state index contributed by atoms with van der Waals surface area (Å²) in [6, 6.07) is 10.7. The maximum atomic E-state index is 12.6. The van der Waals surface area contributed by atoms with Gasteiger partial charge in [0.15, 0.2) is 23.0 Å². The number of rotatable bonds is 6. The van der Waals surface area contributed by atoms with Gasteiger partial charge in [0.25, 0.3) is 11.1 Å². The second-order valence-corrected chi connectivity index (χ2v) is 8.18. The fraction of sp³-hybridized carbons (Fsp3) is 0.174. The minimum atomic E-state index is -0.396. The van der Waals surface area contributed by atoms with E-state index in [1.54, 1.807) is 42.5 Å². The van der Waals surface area contributed by atoms with Crippen LogP contribution in [0, 0.1) is 0 Å². The van der Waals surface area contributed by atoms with Crippen LogP contribution < -0.4 is 24.3 Å². The predicted octanol–water partition coefficient (Wildman–Crippen LogP) is 3.01. The van der Waals surface area contributed by atoms with E-state index < -0.39 is 5.91 Å². The number of carbonyl (C=O) groups excluding carboxylic acids is 3. The predicted molar refractivity (Wildman–Crippen MR) is 120 cm³/mol. The Morgan fingerprint density at radius 3 is 2.30 bits per heavy atom. The summed E-state index contributed by atoms with van der Waals surface area (Å²) in [4.78, 5) is 38.5. The molecule has 0 aliphatic carbocycles. The molecule has 1 saturated heterocycles. The maximum absolute atomic E-state index is 12.6. The highest BCUT2D eigenvalue weighted by molar-refractivity contribution is 8.18. The molecule has 33 heavy (non-hydrogen) atoms. The van der Waals surface area contributed by atoms with Crippen molar-refractivity contribution in [2.24, 2.45) is 0 Å². The zero-order valence-corrected chi connectivity index (χ0v) is 18.1. The van der Waals surface area contributed by atoms with Crippen molar-refractivity contribution in [3.63, 3.8) is 0 Å². The molecule has 0 aromatic heterocycles. The van der Waals surface area contributed by atoms with Crippen molar-refractivity contribution < 1.29 is 33.3 Å². The van der Waals surface area contributed by atoms with Gasteiger partial charge in [-0.3, -0.25) is 19.3 Å². The number of ether oxygens (including phenoxy) is 4. The van der Waals surface area contributed by atoms with Crippen molar-refractivity contribution in [3.05, 3.63) is 58.5 Å². The van der Waals surface area contributed by atoms with Crippen molar-refractivity contribution in [2.45, 2.75) is 0 Å². The van der Waals surface area contributed by atoms with Gasteiger partial charge >= 0.3 is 0 Å². The Morgan fingerprint density at radius 1 is 0.939 bits per heavy atom. The molecular weight excluding hydrogens is 448 g/mol. The van der Waals surface area contributed by atoms with Crippen molar-refractivity contribution in [2.75, 3.05) is 26.7 Å². The van der Waals surface area contributed by atoms with Crippen LogP contribution in [0.5, 0.6) is 23.0 Å². The third kappa shape index (κ3) is 4.51. The van der Waals surface area contributed by atoms with Crippen molar-refractivity contribution in [1.29, 1.82) is 0 Å². The molecule has 1 N–H and O–H groups in total. The fourth-order valence-corrected chi connectivity index (χ4v) is 4.25. The van der Waals surface area contributed by atoms with E-state index in [0.29, 0.717) is 27.9 Å². The van der Waals surface area contributed by atoms with Gasteiger partial charge < -0.3 is 24.3 Å². The van der Waals surface area contributed by atoms with Crippen LogP contribution in [0.1, 0.15) is 11.1 Å². The molecule has 3 amide bonds. The summed E-state index contributed by atoms with van der Waals surface area (Å²) in [5, 5.41) is 2.30. The fourth-order valence-electron chi connectivity index (χ4n) is 3.39. The van der Waals surface area contributed by atoms with E-state index >= 15 is 0 Å². The summed E-state index contributed by atoms with van der Waals surface area (Å²) in [5.41, 5.74) is 1.51. The molecule has 3 aliphatic heterocycles. The van der Waals surface area contributed by atoms with Gasteiger partial charge in [-0.05, 0) is 59.3 Å². The third-order valence-corrected chi connectivity index (χ3v) is 5.93. The molecule has 0 bridgehead atoms. The number of nitrogens with zero attached hydrogens (tertiary/aromatic N) is 1. The first-order chi connectivity index (χ1) is 16.1. The molecule has 1 fully saturated rings. The molecule has 9 nitrogen and oxygen atoms in total. The van der Waals surface area contributed by atoms with Gasteiger partial charge in [0, 0.05) is 19.2 Å². The zero-order valence-electron chi connectivity index (χ0n) is 17.2. The number of nitrogens with one attached hydrogen (secondary N) is 1. The van der Waals surface area contributed by atoms with E-state index in [1.807, 2.05) is 6.07 Å². The summed E-state index contributed by atoms with van der Waals surface area (Å²) in [5.74, 6) is 1.80. The van der Waals surface area contributed by atoms with E-state index in [1.165, 1.54) is 6.08 Å². The van der Waals surface area contributed by atoms with Gasteiger partial charge in [-0.2, -0.15) is 0 Å². The lowest BCUT2D eigenvalue weighted by molar-refractivity contribution is -0.123. The lowest BCUT2D eigenvalue weighted by Crippen LogP contribution is -2.36. The summed E-state index contributed by atoms with van der Waals surface area (Å²) in [6.45, 7) is 0.558. The lowest BCUT2D eigenvalue weighted by atomic mass is 10.2. The quantitative estimate of drug-likeness (QED) is 0.648. The summed E-state index contributed by atoms with van der Waals surface area (Å²) >= 11 is 0.864. The third-order valence-electron chi connectivity index (χ3n) is 5.03. The van der Waals surface area contributed by atoms with Crippen LogP contribution in [0.25, 0.3) is 12.2 Å². The standard InChI is InChI=1S/C23H18N2O7S/c26-21(6-3-14-1-4-16-18(9-14)31-12-29-16)24-7-8-25-22(27)20(33-23(25)28)11-15-2-5-17-19(10-15)32-13-30-17/h1-6,9-11H,7-8,12-13H2,(H,24,26)/b6-3+,20-11-. The van der Waals surface area contributed by atoms with E-state index in [9.17, 15) is 14.4 Å². The first kappa shape index (κ1) is 21.0. The van der Waals surface area contributed by atoms with Crippen molar-refractivity contribution in [3.8, 4) is 23.0 Å². The molecule has 3 heterocycles. The Hall–Kier alpha value is -3.92. The Bertz CT molecular complexity index is 1210. The first-order valence-corrected chi connectivity index (χ1v) is 10.9. The molecule has 0 saturated carbocycles. The van der Waals surface area contributed by atoms with Crippen LogP contribution in [0.15, 0.2) is 47.4 Å². The molecule has 168 valence electrons. The molecule has 0 unspecified atom stereocenters. The second-order valence-electron chi connectivity index (χ2n) is 7.18. The highest BCUT2D eigenvalue weighted by atomic mass is 32.2. The average molecular weight is 466 g/mol. The Labute approximate surface area is 192 Å². The Morgan fingerprint density at radius 2 is 1.58 bits per heavy atom. The minimum absolute atomic E-state index is 0.0761. The zero-order chi connectivity index (χ0) is 22.8. The highest BCUT2D eigenvalue weighted by Crippen LogP contribution is 2.36. The van der Waals surface area contributed by atoms with Crippen LogP contribution in [-0.4, -0.2) is 48.6 Å². The molecular formula is C23H18N2O7S. The van der Waals surface area contributed by atoms with Crippen LogP contribution in [0.4, 0.5) is 4.79 Å². The molecule has 2 aromatic carbocycles. The van der Waals surface area contributed by atoms with Crippen LogP contribution in [0.3, 0.4) is 0 Å². The number of imide groups is 1. The normalized spacial score (nSPS) is 17.5. The smallest absolute Gasteiger partial charge is 0.293 e. The Balaban J connectivity index is 1.14. The highest BCUT2D eigenvalue weighted by Gasteiger charge is 2.34. The van der Waals surface area contributed by atoms with Gasteiger partial charge in [0.2, 0.25) is 19.5 Å². The summed E-state index contributed by atoms with van der Waals surface area (Å²) in [7, 11) is 0. The minimum Gasteiger partial charge on any atom is -0.454 e. The maximum Gasteiger partial charge on any atom is 0.293 e. The molecule has 10 heteroatoms. The summed E-state index contributed by atoms with van der Waals surface area (Å²) in [6.07, 6.45) is 4.66. The molecule has 0 radical (unpaired) electrons. The van der Waals surface area contributed by atoms with Gasteiger partial charge in [0.1, 0.15) is 0 Å². The average Bonchev–Trinajstić information content (AvgIpc) is 3.53. The van der Waals surface area contributed by atoms with E-state index in [4.69, 9.17) is 18.9 Å². The van der Waals surface area contributed by atoms with Crippen molar-refractivity contribution in [1.82, 2.24) is 10.2 Å². The molecule has 5 rings (SSSR count). The molecule has 2 aromatic rings. The molecule has 0 atom stereocenters. The number of benzene rings is 2. The van der Waals surface area contributed by atoms with E-state index in [-0.39, 0.29) is 37.8 Å². The number of hydrogen-bond acceptors (Lipinski definition) is 8. The van der Waals surface area contributed by atoms with Crippen LogP contribution >= 0.6 is 11.8 Å².